The summed E-state index contributed by atoms with van der Waals surface area (Å²) in [7, 11) is 1.60. The van der Waals surface area contributed by atoms with Crippen molar-refractivity contribution in [2.75, 3.05) is 40.0 Å². The van der Waals surface area contributed by atoms with Gasteiger partial charge >= 0.3 is 0 Å². The summed E-state index contributed by atoms with van der Waals surface area (Å²) in [5, 5.41) is 4.10. The summed E-state index contributed by atoms with van der Waals surface area (Å²) in [5.74, 6) is 1.53. The fraction of sp³-hybridized carbons (Fsp3) is 0.348. The molecule has 0 radical (unpaired) electrons. The lowest BCUT2D eigenvalue weighted by Crippen LogP contribution is -2.34. The van der Waals surface area contributed by atoms with Crippen LogP contribution in [0.3, 0.4) is 0 Å². The van der Waals surface area contributed by atoms with Crippen molar-refractivity contribution in [3.05, 3.63) is 54.6 Å². The number of likely N-dealkylation sites (tertiary alicyclic amines) is 1. The molecule has 1 unspecified atom stereocenters. The Hall–Kier alpha value is -3.23. The first-order valence-corrected chi connectivity index (χ1v) is 10.2. The summed E-state index contributed by atoms with van der Waals surface area (Å²) in [5.41, 5.74) is 1.61. The van der Waals surface area contributed by atoms with Crippen LogP contribution < -0.4 is 4.74 Å². The Labute approximate surface area is 180 Å². The summed E-state index contributed by atoms with van der Waals surface area (Å²) in [4.78, 5) is 18.6. The zero-order chi connectivity index (χ0) is 21.5. The molecule has 8 heteroatoms. The molecule has 1 aliphatic rings. The average Bonchev–Trinajstić information content (AvgIpc) is 3.48. The zero-order valence-corrected chi connectivity index (χ0v) is 17.4. The molecule has 2 heterocycles. The van der Waals surface area contributed by atoms with E-state index in [1.807, 2.05) is 54.6 Å². The highest BCUT2D eigenvalue weighted by Crippen LogP contribution is 2.32. The van der Waals surface area contributed by atoms with Gasteiger partial charge < -0.3 is 23.6 Å². The molecule has 2 aromatic carbocycles. The van der Waals surface area contributed by atoms with E-state index in [1.54, 1.807) is 12.0 Å². The first-order valence-electron chi connectivity index (χ1n) is 10.2. The Bertz CT molecular complexity index is 992. The van der Waals surface area contributed by atoms with Gasteiger partial charge in [-0.2, -0.15) is 4.98 Å². The van der Waals surface area contributed by atoms with Crippen molar-refractivity contribution >= 4 is 5.91 Å². The van der Waals surface area contributed by atoms with Crippen LogP contribution in [0.4, 0.5) is 0 Å². The van der Waals surface area contributed by atoms with E-state index in [2.05, 4.69) is 10.1 Å². The lowest BCUT2D eigenvalue weighted by molar-refractivity contribution is -0.135. The molecule has 1 fully saturated rings. The topological polar surface area (TPSA) is 86.9 Å². The number of aromatic nitrogens is 2. The molecule has 1 atom stereocenters. The van der Waals surface area contributed by atoms with Gasteiger partial charge in [0, 0.05) is 25.6 Å². The minimum Gasteiger partial charge on any atom is -0.488 e. The number of rotatable bonds is 9. The van der Waals surface area contributed by atoms with Crippen molar-refractivity contribution < 1.29 is 23.5 Å². The summed E-state index contributed by atoms with van der Waals surface area (Å²) in [6, 6.07) is 17.2. The molecule has 0 bridgehead atoms. The number of nitrogens with zero attached hydrogens (tertiary/aromatic N) is 3. The zero-order valence-electron chi connectivity index (χ0n) is 17.4. The number of ether oxygens (including phenoxy) is 3. The van der Waals surface area contributed by atoms with E-state index < -0.39 is 0 Å². The number of hydrogen-bond donors (Lipinski definition) is 0. The largest absolute Gasteiger partial charge is 0.488 e. The van der Waals surface area contributed by atoms with Gasteiger partial charge in [0.05, 0.1) is 25.3 Å². The SMILES string of the molecule is COCCOCC(=O)N1CCC(Oc2ccccc2-c2nc(-c3ccccc3)no2)C1. The summed E-state index contributed by atoms with van der Waals surface area (Å²) in [6.45, 7) is 2.07. The van der Waals surface area contributed by atoms with Crippen LogP contribution in [0, 0.1) is 0 Å². The summed E-state index contributed by atoms with van der Waals surface area (Å²) >= 11 is 0. The number of carbonyl (C=O) groups is 1. The third kappa shape index (κ3) is 5.28. The van der Waals surface area contributed by atoms with Crippen molar-refractivity contribution in [2.45, 2.75) is 12.5 Å². The number of carbonyl (C=O) groups excluding carboxylic acids is 1. The third-order valence-corrected chi connectivity index (χ3v) is 5.02. The summed E-state index contributed by atoms with van der Waals surface area (Å²) < 4.78 is 22.0. The van der Waals surface area contributed by atoms with Crippen molar-refractivity contribution in [1.82, 2.24) is 15.0 Å². The predicted octanol–water partition coefficient (Wildman–Crippen LogP) is 3.05. The lowest BCUT2D eigenvalue weighted by Gasteiger charge is -2.18. The van der Waals surface area contributed by atoms with Gasteiger partial charge in [-0.25, -0.2) is 0 Å². The molecule has 0 N–H and O–H groups in total. The van der Waals surface area contributed by atoms with Gasteiger partial charge in [-0.1, -0.05) is 47.6 Å². The van der Waals surface area contributed by atoms with Crippen molar-refractivity contribution in [3.8, 4) is 28.6 Å². The normalized spacial score (nSPS) is 15.9. The van der Waals surface area contributed by atoms with Crippen molar-refractivity contribution in [3.63, 3.8) is 0 Å². The van der Waals surface area contributed by atoms with Crippen LogP contribution in [-0.2, 0) is 14.3 Å². The smallest absolute Gasteiger partial charge is 0.262 e. The molecular weight excluding hydrogens is 398 g/mol. The van der Waals surface area contributed by atoms with Gasteiger partial charge in [0.15, 0.2) is 0 Å². The monoisotopic (exact) mass is 423 g/mol. The number of methoxy groups -OCH3 is 1. The highest BCUT2D eigenvalue weighted by molar-refractivity contribution is 5.77. The van der Waals surface area contributed by atoms with Crippen LogP contribution in [0.25, 0.3) is 22.8 Å². The Morgan fingerprint density at radius 1 is 1.13 bits per heavy atom. The highest BCUT2D eigenvalue weighted by Gasteiger charge is 2.28. The molecule has 8 nitrogen and oxygen atoms in total. The van der Waals surface area contributed by atoms with Crippen LogP contribution >= 0.6 is 0 Å². The highest BCUT2D eigenvalue weighted by atomic mass is 16.5. The Morgan fingerprint density at radius 2 is 1.94 bits per heavy atom. The molecule has 1 saturated heterocycles. The second kappa shape index (κ2) is 10.2. The van der Waals surface area contributed by atoms with Crippen molar-refractivity contribution in [2.24, 2.45) is 0 Å². The van der Waals surface area contributed by atoms with E-state index in [1.165, 1.54) is 0 Å². The molecular formula is C23H25N3O5. The maximum Gasteiger partial charge on any atom is 0.262 e. The second-order valence-electron chi connectivity index (χ2n) is 7.20. The molecule has 162 valence electrons. The molecule has 0 spiro atoms. The number of amides is 1. The Morgan fingerprint density at radius 3 is 2.77 bits per heavy atom. The molecule has 0 aliphatic carbocycles. The first kappa shape index (κ1) is 21.0. The van der Waals surface area contributed by atoms with Crippen LogP contribution in [-0.4, -0.2) is 67.1 Å². The van der Waals surface area contributed by atoms with E-state index in [9.17, 15) is 4.79 Å². The Balaban J connectivity index is 1.40. The number of para-hydroxylation sites is 1. The van der Waals surface area contributed by atoms with Crippen LogP contribution in [0.5, 0.6) is 5.75 Å². The minimum atomic E-state index is -0.111. The first-order chi connectivity index (χ1) is 15.2. The van der Waals surface area contributed by atoms with Gasteiger partial charge in [-0.05, 0) is 12.1 Å². The van der Waals surface area contributed by atoms with Gasteiger partial charge in [0.25, 0.3) is 5.89 Å². The fourth-order valence-corrected chi connectivity index (χ4v) is 3.41. The number of benzene rings is 2. The predicted molar refractivity (Wildman–Crippen MR) is 113 cm³/mol. The van der Waals surface area contributed by atoms with Gasteiger partial charge in [0.1, 0.15) is 18.5 Å². The molecule has 31 heavy (non-hydrogen) atoms. The molecule has 4 rings (SSSR count). The van der Waals surface area contributed by atoms with Crippen LogP contribution in [0.15, 0.2) is 59.1 Å². The molecule has 3 aromatic rings. The van der Waals surface area contributed by atoms with Crippen molar-refractivity contribution in [1.29, 1.82) is 0 Å². The van der Waals surface area contributed by atoms with Gasteiger partial charge in [-0.3, -0.25) is 4.79 Å². The van der Waals surface area contributed by atoms with Gasteiger partial charge in [0.2, 0.25) is 11.7 Å². The fourth-order valence-electron chi connectivity index (χ4n) is 3.41. The standard InChI is InChI=1S/C23H25N3O5/c1-28-13-14-29-16-21(27)26-12-11-18(15-26)30-20-10-6-5-9-19(20)23-24-22(25-31-23)17-7-3-2-4-8-17/h2-10,18H,11-16H2,1H3. The van der Waals surface area contributed by atoms with Crippen LogP contribution in [0.1, 0.15) is 6.42 Å². The molecule has 1 aliphatic heterocycles. The Kier molecular flexibility index (Phi) is 6.91. The van der Waals surface area contributed by atoms with Crippen LogP contribution in [0.2, 0.25) is 0 Å². The quantitative estimate of drug-likeness (QED) is 0.489. The minimum absolute atomic E-state index is 0.0418. The molecule has 1 aromatic heterocycles. The average molecular weight is 423 g/mol. The van der Waals surface area contributed by atoms with Gasteiger partial charge in [-0.15, -0.1) is 0 Å². The lowest BCUT2D eigenvalue weighted by atomic mass is 10.2. The van der Waals surface area contributed by atoms with E-state index in [4.69, 9.17) is 18.7 Å². The molecule has 0 saturated carbocycles. The molecule has 1 amide bonds. The van der Waals surface area contributed by atoms with E-state index in [0.717, 1.165) is 17.5 Å². The maximum atomic E-state index is 12.3. The summed E-state index contributed by atoms with van der Waals surface area (Å²) in [6.07, 6.45) is 0.637. The maximum absolute atomic E-state index is 12.3. The third-order valence-electron chi connectivity index (χ3n) is 5.02. The van der Waals surface area contributed by atoms with E-state index >= 15 is 0 Å². The second-order valence-corrected chi connectivity index (χ2v) is 7.20. The van der Waals surface area contributed by atoms with E-state index in [0.29, 0.717) is 43.8 Å². The number of hydrogen-bond acceptors (Lipinski definition) is 7. The van der Waals surface area contributed by atoms with E-state index in [-0.39, 0.29) is 18.6 Å².